The lowest BCUT2D eigenvalue weighted by atomic mass is 10.2. The van der Waals surface area contributed by atoms with Crippen molar-refractivity contribution in [2.24, 2.45) is 5.92 Å². The van der Waals surface area contributed by atoms with Gasteiger partial charge in [-0.1, -0.05) is 32.5 Å². The molecule has 0 bridgehead atoms. The van der Waals surface area contributed by atoms with Gasteiger partial charge in [0.15, 0.2) is 0 Å². The highest BCUT2D eigenvalue weighted by molar-refractivity contribution is 8.14. The van der Waals surface area contributed by atoms with E-state index in [1.54, 1.807) is 7.05 Å². The van der Waals surface area contributed by atoms with Gasteiger partial charge in [0.25, 0.3) is 5.24 Å². The van der Waals surface area contributed by atoms with Gasteiger partial charge in [-0.3, -0.25) is 4.79 Å². The fourth-order valence-electron chi connectivity index (χ4n) is 0.364. The van der Waals surface area contributed by atoms with Gasteiger partial charge in [0, 0.05) is 12.3 Å². The number of hydrogen-bond donors (Lipinski definition) is 1. The molecule has 60 valence electrons. The number of amides is 1. The lowest BCUT2D eigenvalue weighted by Gasteiger charge is -2.12. The van der Waals surface area contributed by atoms with E-state index in [4.69, 9.17) is 0 Å². The first-order valence-corrected chi connectivity index (χ1v) is 4.34. The number of nitrogens with one attached hydrogen (secondary N) is 1. The smallest absolute Gasteiger partial charge is 0.279 e. The lowest BCUT2D eigenvalue weighted by molar-refractivity contribution is 0.262. The van der Waals surface area contributed by atoms with Crippen molar-refractivity contribution in [3.63, 3.8) is 0 Å². The Bertz CT molecular complexity index is 114. The van der Waals surface area contributed by atoms with Crippen LogP contribution in [0.3, 0.4) is 0 Å². The maximum Gasteiger partial charge on any atom is 0.279 e. The van der Waals surface area contributed by atoms with Crippen molar-refractivity contribution in [1.29, 1.82) is 0 Å². The Labute approximate surface area is 66.8 Å². The molecule has 2 nitrogen and oxygen atoms in total. The first kappa shape index (κ1) is 9.82. The van der Waals surface area contributed by atoms with Gasteiger partial charge in [-0.15, -0.1) is 0 Å². The normalized spacial score (nSPS) is 13.3. The summed E-state index contributed by atoms with van der Waals surface area (Å²) in [6, 6.07) is 0. The van der Waals surface area contributed by atoms with E-state index in [2.05, 4.69) is 26.1 Å². The highest BCUT2D eigenvalue weighted by atomic mass is 32.2. The van der Waals surface area contributed by atoms with Gasteiger partial charge in [0.05, 0.1) is 0 Å². The number of rotatable bonds is 2. The Morgan fingerprint density at radius 3 is 2.20 bits per heavy atom. The monoisotopic (exact) mass is 161 g/mol. The fourth-order valence-corrected chi connectivity index (χ4v) is 1.09. The van der Waals surface area contributed by atoms with Crippen LogP contribution in [0.25, 0.3) is 0 Å². The molecule has 1 N–H and O–H groups in total. The molecular weight excluding hydrogens is 146 g/mol. The van der Waals surface area contributed by atoms with E-state index in [1.165, 1.54) is 11.8 Å². The van der Waals surface area contributed by atoms with E-state index in [0.717, 1.165) is 0 Å². The molecule has 1 atom stereocenters. The topological polar surface area (TPSA) is 29.1 Å². The number of thioether (sulfide) groups is 1. The van der Waals surface area contributed by atoms with Crippen molar-refractivity contribution >= 4 is 17.0 Å². The summed E-state index contributed by atoms with van der Waals surface area (Å²) < 4.78 is 0. The van der Waals surface area contributed by atoms with Gasteiger partial charge in [-0.25, -0.2) is 0 Å². The van der Waals surface area contributed by atoms with Crippen LogP contribution in [0.1, 0.15) is 20.8 Å². The molecule has 10 heavy (non-hydrogen) atoms. The number of carbonyl (C=O) groups excluding carboxylic acids is 1. The summed E-state index contributed by atoms with van der Waals surface area (Å²) in [5, 5.41) is 3.03. The van der Waals surface area contributed by atoms with Gasteiger partial charge in [-0.2, -0.15) is 0 Å². The van der Waals surface area contributed by atoms with Crippen LogP contribution >= 0.6 is 11.8 Å². The second-order valence-corrected chi connectivity index (χ2v) is 3.95. The van der Waals surface area contributed by atoms with E-state index in [-0.39, 0.29) is 5.24 Å². The van der Waals surface area contributed by atoms with Crippen LogP contribution in [0.15, 0.2) is 0 Å². The molecule has 0 aliphatic heterocycles. The van der Waals surface area contributed by atoms with Crippen LogP contribution in [0.5, 0.6) is 0 Å². The minimum atomic E-state index is 0.0567. The maximum atomic E-state index is 10.8. The highest BCUT2D eigenvalue weighted by Gasteiger charge is 2.11. The van der Waals surface area contributed by atoms with Gasteiger partial charge in [0.2, 0.25) is 0 Å². The fraction of sp³-hybridized carbons (Fsp3) is 0.857. The zero-order valence-electron chi connectivity index (χ0n) is 6.97. The summed E-state index contributed by atoms with van der Waals surface area (Å²) in [6.45, 7) is 6.28. The molecule has 0 aliphatic rings. The molecule has 3 heteroatoms. The SMILES string of the molecule is CNC(=O)SC(C)C(C)C. The molecule has 0 aromatic carbocycles. The van der Waals surface area contributed by atoms with Crippen LogP contribution in [0.4, 0.5) is 4.79 Å². The summed E-state index contributed by atoms with van der Waals surface area (Å²) in [7, 11) is 1.66. The van der Waals surface area contributed by atoms with Gasteiger partial charge >= 0.3 is 0 Å². The van der Waals surface area contributed by atoms with Crippen LogP contribution in [-0.2, 0) is 0 Å². The first-order valence-electron chi connectivity index (χ1n) is 3.46. The molecule has 0 radical (unpaired) electrons. The third kappa shape index (κ3) is 3.77. The van der Waals surface area contributed by atoms with Crippen LogP contribution in [0.2, 0.25) is 0 Å². The van der Waals surface area contributed by atoms with E-state index < -0.39 is 0 Å². The van der Waals surface area contributed by atoms with Crippen molar-refractivity contribution in [2.45, 2.75) is 26.0 Å². The van der Waals surface area contributed by atoms with Crippen molar-refractivity contribution in [3.05, 3.63) is 0 Å². The van der Waals surface area contributed by atoms with Crippen LogP contribution in [-0.4, -0.2) is 17.5 Å². The lowest BCUT2D eigenvalue weighted by Crippen LogP contribution is -2.17. The van der Waals surface area contributed by atoms with E-state index in [0.29, 0.717) is 11.2 Å². The quantitative estimate of drug-likeness (QED) is 0.672. The number of hydrogen-bond acceptors (Lipinski definition) is 2. The van der Waals surface area contributed by atoms with E-state index in [9.17, 15) is 4.79 Å². The summed E-state index contributed by atoms with van der Waals surface area (Å²) >= 11 is 1.36. The predicted molar refractivity (Wildman–Crippen MR) is 46.3 cm³/mol. The molecule has 0 saturated carbocycles. The molecule has 0 heterocycles. The highest BCUT2D eigenvalue weighted by Crippen LogP contribution is 2.18. The summed E-state index contributed by atoms with van der Waals surface area (Å²) in [6.07, 6.45) is 0. The molecule has 0 fully saturated rings. The summed E-state index contributed by atoms with van der Waals surface area (Å²) in [5.74, 6) is 0.558. The van der Waals surface area contributed by atoms with Crippen molar-refractivity contribution in [2.75, 3.05) is 7.05 Å². The Hall–Kier alpha value is -0.180. The largest absolute Gasteiger partial charge is 0.350 e. The zero-order valence-corrected chi connectivity index (χ0v) is 7.79. The molecule has 0 spiro atoms. The van der Waals surface area contributed by atoms with Gasteiger partial charge in [0.1, 0.15) is 0 Å². The third-order valence-electron chi connectivity index (χ3n) is 1.44. The van der Waals surface area contributed by atoms with Crippen molar-refractivity contribution in [1.82, 2.24) is 5.32 Å². The van der Waals surface area contributed by atoms with Gasteiger partial charge < -0.3 is 5.32 Å². The Balaban J connectivity index is 3.57. The third-order valence-corrected chi connectivity index (χ3v) is 2.77. The average molecular weight is 161 g/mol. The minimum absolute atomic E-state index is 0.0567. The van der Waals surface area contributed by atoms with Gasteiger partial charge in [-0.05, 0) is 5.92 Å². The molecule has 0 rings (SSSR count). The molecule has 0 saturated heterocycles. The Morgan fingerprint density at radius 2 is 1.90 bits per heavy atom. The summed E-state index contributed by atoms with van der Waals surface area (Å²) in [5.41, 5.74) is 0. The maximum absolute atomic E-state index is 10.8. The Kier molecular flexibility index (Phi) is 4.52. The second kappa shape index (κ2) is 4.61. The molecule has 0 aliphatic carbocycles. The first-order chi connectivity index (χ1) is 4.57. The molecular formula is C7H15NOS. The minimum Gasteiger partial charge on any atom is -0.350 e. The molecule has 1 amide bonds. The zero-order chi connectivity index (χ0) is 8.15. The van der Waals surface area contributed by atoms with Crippen LogP contribution in [0, 0.1) is 5.92 Å². The van der Waals surface area contributed by atoms with E-state index in [1.807, 2.05) is 0 Å². The Morgan fingerprint density at radius 1 is 1.40 bits per heavy atom. The van der Waals surface area contributed by atoms with Crippen LogP contribution < -0.4 is 5.32 Å². The predicted octanol–water partition coefficient (Wildman–Crippen LogP) is 2.10. The standard InChI is InChI=1S/C7H15NOS/c1-5(2)6(3)10-7(9)8-4/h5-6H,1-4H3,(H,8,9). The van der Waals surface area contributed by atoms with Crippen molar-refractivity contribution in [3.8, 4) is 0 Å². The second-order valence-electron chi connectivity index (χ2n) is 2.60. The molecule has 0 aromatic rings. The van der Waals surface area contributed by atoms with E-state index >= 15 is 0 Å². The van der Waals surface area contributed by atoms with Crippen molar-refractivity contribution < 1.29 is 4.79 Å². The number of carbonyl (C=O) groups is 1. The average Bonchev–Trinajstić information content (AvgIpc) is 1.87. The molecule has 0 aromatic heterocycles. The summed E-state index contributed by atoms with van der Waals surface area (Å²) in [4.78, 5) is 10.8. The molecule has 1 unspecified atom stereocenters.